The summed E-state index contributed by atoms with van der Waals surface area (Å²) >= 11 is 3.27. The van der Waals surface area contributed by atoms with Gasteiger partial charge in [0.05, 0.1) is 11.9 Å². The van der Waals surface area contributed by atoms with Gasteiger partial charge >= 0.3 is 0 Å². The first-order chi connectivity index (χ1) is 11.0. The minimum Gasteiger partial charge on any atom is -0.476 e. The number of hydrogen-bond donors (Lipinski definition) is 1. The second kappa shape index (κ2) is 7.79. The van der Waals surface area contributed by atoms with Crippen molar-refractivity contribution in [1.29, 1.82) is 5.26 Å². The molecule has 1 heterocycles. The summed E-state index contributed by atoms with van der Waals surface area (Å²) in [5.41, 5.74) is 1.40. The highest BCUT2D eigenvalue weighted by atomic mass is 79.9. The number of aryl methyl sites for hydroxylation is 1. The number of halogens is 1. The molecule has 0 saturated heterocycles. The fraction of sp³-hybridized carbons (Fsp3) is 0.312. The van der Waals surface area contributed by atoms with Gasteiger partial charge in [0, 0.05) is 13.6 Å². The standard InChI is InChI=1S/C16H17BrN4O2/c1-3-12(8-18)23-13-6-4-5-11(7-13)9-19-14-10-20-21(2)16(22)15(14)17/h4-7,10,12,19H,3,9H2,1-2H3. The van der Waals surface area contributed by atoms with E-state index in [0.717, 1.165) is 5.56 Å². The summed E-state index contributed by atoms with van der Waals surface area (Å²) in [5, 5.41) is 16.1. The first-order valence-electron chi connectivity index (χ1n) is 7.16. The number of nitrogens with one attached hydrogen (secondary N) is 1. The molecule has 0 aliphatic rings. The lowest BCUT2D eigenvalue weighted by molar-refractivity contribution is 0.251. The Morgan fingerprint density at radius 3 is 3.00 bits per heavy atom. The first kappa shape index (κ1) is 17.0. The van der Waals surface area contributed by atoms with Gasteiger partial charge in [-0.15, -0.1) is 0 Å². The average molecular weight is 377 g/mol. The van der Waals surface area contributed by atoms with Crippen molar-refractivity contribution in [2.75, 3.05) is 5.32 Å². The van der Waals surface area contributed by atoms with Crippen LogP contribution in [0.25, 0.3) is 0 Å². The Balaban J connectivity index is 2.08. The smallest absolute Gasteiger partial charge is 0.282 e. The van der Waals surface area contributed by atoms with E-state index in [9.17, 15) is 4.79 Å². The molecule has 23 heavy (non-hydrogen) atoms. The monoisotopic (exact) mass is 376 g/mol. The van der Waals surface area contributed by atoms with Crippen molar-refractivity contribution in [2.24, 2.45) is 7.05 Å². The fourth-order valence-corrected chi connectivity index (χ4v) is 2.42. The molecule has 1 unspecified atom stereocenters. The molecule has 1 aromatic heterocycles. The molecular formula is C16H17BrN4O2. The third kappa shape index (κ3) is 4.33. The number of benzene rings is 1. The maximum absolute atomic E-state index is 11.8. The predicted octanol–water partition coefficient (Wildman–Crippen LogP) is 2.84. The minimum absolute atomic E-state index is 0.202. The van der Waals surface area contributed by atoms with Crippen molar-refractivity contribution in [1.82, 2.24) is 9.78 Å². The maximum atomic E-state index is 11.8. The fourth-order valence-electron chi connectivity index (χ4n) is 1.93. The molecule has 7 heteroatoms. The quantitative estimate of drug-likeness (QED) is 0.838. The summed E-state index contributed by atoms with van der Waals surface area (Å²) in [4.78, 5) is 11.8. The van der Waals surface area contributed by atoms with Crippen LogP contribution in [0.2, 0.25) is 0 Å². The van der Waals surface area contributed by atoms with E-state index in [2.05, 4.69) is 32.4 Å². The van der Waals surface area contributed by atoms with E-state index in [1.165, 1.54) is 4.68 Å². The highest BCUT2D eigenvalue weighted by Crippen LogP contribution is 2.19. The maximum Gasteiger partial charge on any atom is 0.282 e. The van der Waals surface area contributed by atoms with E-state index in [1.54, 1.807) is 13.2 Å². The molecule has 0 bridgehead atoms. The van der Waals surface area contributed by atoms with E-state index in [0.29, 0.717) is 28.9 Å². The highest BCUT2D eigenvalue weighted by molar-refractivity contribution is 9.10. The Morgan fingerprint density at radius 2 is 2.30 bits per heavy atom. The number of hydrogen-bond acceptors (Lipinski definition) is 5. The van der Waals surface area contributed by atoms with Crippen molar-refractivity contribution in [3.8, 4) is 11.8 Å². The van der Waals surface area contributed by atoms with Crippen molar-refractivity contribution in [2.45, 2.75) is 26.0 Å². The molecule has 1 N–H and O–H groups in total. The molecule has 2 rings (SSSR count). The zero-order valence-electron chi connectivity index (χ0n) is 12.9. The third-order valence-electron chi connectivity index (χ3n) is 3.25. The molecule has 2 aromatic rings. The molecule has 1 atom stereocenters. The number of anilines is 1. The second-order valence-corrected chi connectivity index (χ2v) is 5.74. The molecule has 1 aromatic carbocycles. The normalized spacial score (nSPS) is 11.6. The lowest BCUT2D eigenvalue weighted by Crippen LogP contribution is -2.21. The van der Waals surface area contributed by atoms with Gasteiger partial charge in [0.25, 0.3) is 5.56 Å². The number of rotatable bonds is 6. The largest absolute Gasteiger partial charge is 0.476 e. The molecule has 0 amide bonds. The summed E-state index contributed by atoms with van der Waals surface area (Å²) in [7, 11) is 1.59. The zero-order valence-corrected chi connectivity index (χ0v) is 14.5. The number of ether oxygens (including phenoxy) is 1. The van der Waals surface area contributed by atoms with E-state index in [-0.39, 0.29) is 5.56 Å². The molecule has 6 nitrogen and oxygen atoms in total. The third-order valence-corrected chi connectivity index (χ3v) is 4.02. The van der Waals surface area contributed by atoms with Crippen molar-refractivity contribution >= 4 is 21.6 Å². The van der Waals surface area contributed by atoms with Crippen molar-refractivity contribution < 1.29 is 4.74 Å². The van der Waals surface area contributed by atoms with Gasteiger partial charge in [-0.25, -0.2) is 4.68 Å². The Labute approximate surface area is 142 Å². The molecule has 0 spiro atoms. The summed E-state index contributed by atoms with van der Waals surface area (Å²) in [5.74, 6) is 0.652. The van der Waals surface area contributed by atoms with E-state index < -0.39 is 6.10 Å². The van der Waals surface area contributed by atoms with Crippen LogP contribution in [0, 0.1) is 11.3 Å². The van der Waals surface area contributed by atoms with Crippen LogP contribution in [0.3, 0.4) is 0 Å². The number of aromatic nitrogens is 2. The van der Waals surface area contributed by atoms with Gasteiger partial charge in [-0.2, -0.15) is 10.4 Å². The van der Waals surface area contributed by atoms with Crippen LogP contribution in [0.15, 0.2) is 39.7 Å². The summed E-state index contributed by atoms with van der Waals surface area (Å²) in [6.45, 7) is 2.41. The lowest BCUT2D eigenvalue weighted by atomic mass is 10.2. The van der Waals surface area contributed by atoms with E-state index in [4.69, 9.17) is 10.00 Å². The van der Waals surface area contributed by atoms with Crippen LogP contribution in [0.4, 0.5) is 5.69 Å². The van der Waals surface area contributed by atoms with Gasteiger partial charge < -0.3 is 10.1 Å². The number of nitrogens with zero attached hydrogens (tertiary/aromatic N) is 3. The summed E-state index contributed by atoms with van der Waals surface area (Å²) in [6, 6.07) is 9.61. The van der Waals surface area contributed by atoms with Crippen LogP contribution in [0.1, 0.15) is 18.9 Å². The average Bonchev–Trinajstić information content (AvgIpc) is 2.57. The Bertz CT molecular complexity index is 782. The van der Waals surface area contributed by atoms with Gasteiger partial charge in [-0.05, 0) is 40.0 Å². The minimum atomic E-state index is -0.450. The second-order valence-electron chi connectivity index (χ2n) is 4.95. The highest BCUT2D eigenvalue weighted by Gasteiger charge is 2.08. The zero-order chi connectivity index (χ0) is 16.8. The van der Waals surface area contributed by atoms with Crippen LogP contribution < -0.4 is 15.6 Å². The topological polar surface area (TPSA) is 79.9 Å². The van der Waals surface area contributed by atoms with Gasteiger partial charge in [0.15, 0.2) is 6.10 Å². The lowest BCUT2D eigenvalue weighted by Gasteiger charge is -2.12. The summed E-state index contributed by atoms with van der Waals surface area (Å²) in [6.07, 6.45) is 1.77. The van der Waals surface area contributed by atoms with Gasteiger partial charge in [-0.3, -0.25) is 4.79 Å². The summed E-state index contributed by atoms with van der Waals surface area (Å²) < 4.78 is 7.30. The Hall–Kier alpha value is -2.33. The molecule has 0 saturated carbocycles. The molecule has 0 aliphatic heterocycles. The van der Waals surface area contributed by atoms with Crippen molar-refractivity contribution in [3.05, 3.63) is 50.9 Å². The van der Waals surface area contributed by atoms with E-state index in [1.807, 2.05) is 31.2 Å². The molecule has 0 radical (unpaired) electrons. The SMILES string of the molecule is CCC(C#N)Oc1cccc(CNc2cnn(C)c(=O)c2Br)c1. The molecule has 120 valence electrons. The van der Waals surface area contributed by atoms with Gasteiger partial charge in [-0.1, -0.05) is 19.1 Å². The predicted molar refractivity (Wildman–Crippen MR) is 91.3 cm³/mol. The van der Waals surface area contributed by atoms with Crippen LogP contribution in [-0.4, -0.2) is 15.9 Å². The van der Waals surface area contributed by atoms with Crippen LogP contribution in [0.5, 0.6) is 5.75 Å². The van der Waals surface area contributed by atoms with Gasteiger partial charge in [0.2, 0.25) is 0 Å². The Kier molecular flexibility index (Phi) is 5.77. The molecular weight excluding hydrogens is 360 g/mol. The van der Waals surface area contributed by atoms with Crippen molar-refractivity contribution in [3.63, 3.8) is 0 Å². The van der Waals surface area contributed by atoms with Crippen LogP contribution >= 0.6 is 15.9 Å². The number of nitriles is 1. The molecule has 0 fully saturated rings. The first-order valence-corrected chi connectivity index (χ1v) is 7.95. The molecule has 0 aliphatic carbocycles. The Morgan fingerprint density at radius 1 is 1.52 bits per heavy atom. The van der Waals surface area contributed by atoms with Crippen LogP contribution in [-0.2, 0) is 13.6 Å². The van der Waals surface area contributed by atoms with E-state index >= 15 is 0 Å². The van der Waals surface area contributed by atoms with Gasteiger partial charge in [0.1, 0.15) is 16.3 Å².